The molecule has 5 nitrogen and oxygen atoms in total. The molecule has 25 heavy (non-hydrogen) atoms. The minimum Gasteiger partial charge on any atom is -0.489 e. The average molecular weight is 350 g/mol. The minimum atomic E-state index is -0.291. The van der Waals surface area contributed by atoms with Gasteiger partial charge in [0.15, 0.2) is 5.96 Å². The van der Waals surface area contributed by atoms with E-state index in [4.69, 9.17) is 4.74 Å². The lowest BCUT2D eigenvalue weighted by atomic mass is 10.3. The van der Waals surface area contributed by atoms with Gasteiger partial charge in [0, 0.05) is 19.2 Å². The number of benzene rings is 1. The quantitative estimate of drug-likeness (QED) is 0.408. The van der Waals surface area contributed by atoms with Gasteiger partial charge >= 0.3 is 0 Å². The molecule has 0 radical (unpaired) electrons. The summed E-state index contributed by atoms with van der Waals surface area (Å²) >= 11 is 0. The number of hydrogen-bond acceptors (Lipinski definition) is 3. The van der Waals surface area contributed by atoms with Crippen LogP contribution in [-0.4, -0.2) is 56.2 Å². The molecule has 1 unspecified atom stereocenters. The first-order valence-electron chi connectivity index (χ1n) is 9.34. The second-order valence-corrected chi connectivity index (χ2v) is 6.43. The Morgan fingerprint density at radius 1 is 1.32 bits per heavy atom. The standard InChI is InChI=1S/C19H31FN4O/c1-3-21-19(22-10-7-13-24-11-4-5-12-24)23-15-16(2)25-18-9-6-8-17(20)14-18/h6,8-9,14,16H,3-5,7,10-13,15H2,1-2H3,(H2,21,22,23). The number of ether oxygens (including phenoxy) is 1. The largest absolute Gasteiger partial charge is 0.489 e. The zero-order valence-electron chi connectivity index (χ0n) is 15.4. The van der Waals surface area contributed by atoms with Crippen LogP contribution in [0, 0.1) is 5.82 Å². The maximum absolute atomic E-state index is 13.2. The van der Waals surface area contributed by atoms with Crippen molar-refractivity contribution in [1.29, 1.82) is 0 Å². The molecule has 1 saturated heterocycles. The molecule has 140 valence electrons. The summed E-state index contributed by atoms with van der Waals surface area (Å²) in [5.41, 5.74) is 0. The summed E-state index contributed by atoms with van der Waals surface area (Å²) in [6.45, 7) is 9.84. The number of nitrogens with zero attached hydrogens (tertiary/aromatic N) is 2. The average Bonchev–Trinajstić information content (AvgIpc) is 3.10. The maximum Gasteiger partial charge on any atom is 0.191 e. The number of aliphatic imine (C=N–C) groups is 1. The SMILES string of the molecule is CCNC(=NCC(C)Oc1cccc(F)c1)NCCCN1CCCC1. The third kappa shape index (κ3) is 7.73. The number of likely N-dealkylation sites (tertiary alicyclic amines) is 1. The molecule has 1 aliphatic rings. The van der Waals surface area contributed by atoms with Crippen LogP contribution in [0.5, 0.6) is 5.75 Å². The molecule has 1 heterocycles. The van der Waals surface area contributed by atoms with Crippen molar-refractivity contribution in [1.82, 2.24) is 15.5 Å². The summed E-state index contributed by atoms with van der Waals surface area (Å²) in [7, 11) is 0. The van der Waals surface area contributed by atoms with Crippen molar-refractivity contribution in [3.05, 3.63) is 30.1 Å². The number of rotatable bonds is 9. The van der Waals surface area contributed by atoms with Gasteiger partial charge in [-0.15, -0.1) is 0 Å². The lowest BCUT2D eigenvalue weighted by molar-refractivity contribution is 0.229. The first-order chi connectivity index (χ1) is 12.2. The highest BCUT2D eigenvalue weighted by molar-refractivity contribution is 5.79. The molecule has 1 aromatic rings. The normalized spacial score (nSPS) is 16.7. The summed E-state index contributed by atoms with van der Waals surface area (Å²) in [5, 5.41) is 6.62. The first-order valence-corrected chi connectivity index (χ1v) is 9.34. The number of nitrogens with one attached hydrogen (secondary N) is 2. The van der Waals surface area contributed by atoms with Crippen LogP contribution in [0.3, 0.4) is 0 Å². The van der Waals surface area contributed by atoms with E-state index in [1.807, 2.05) is 13.8 Å². The fourth-order valence-electron chi connectivity index (χ4n) is 2.89. The molecule has 2 rings (SSSR count). The van der Waals surface area contributed by atoms with Crippen LogP contribution in [0.4, 0.5) is 4.39 Å². The van der Waals surface area contributed by atoms with E-state index in [0.29, 0.717) is 12.3 Å². The van der Waals surface area contributed by atoms with Crippen molar-refractivity contribution in [3.63, 3.8) is 0 Å². The lowest BCUT2D eigenvalue weighted by Crippen LogP contribution is -2.39. The Bertz CT molecular complexity index is 532. The summed E-state index contributed by atoms with van der Waals surface area (Å²) in [5.74, 6) is 1.05. The van der Waals surface area contributed by atoms with Crippen LogP contribution in [-0.2, 0) is 0 Å². The van der Waals surface area contributed by atoms with Gasteiger partial charge in [-0.05, 0) is 64.9 Å². The van der Waals surface area contributed by atoms with Crippen LogP contribution in [0.25, 0.3) is 0 Å². The predicted octanol–water partition coefficient (Wildman–Crippen LogP) is 2.63. The van der Waals surface area contributed by atoms with Crippen molar-refractivity contribution in [3.8, 4) is 5.75 Å². The monoisotopic (exact) mass is 350 g/mol. The van der Waals surface area contributed by atoms with E-state index in [-0.39, 0.29) is 11.9 Å². The highest BCUT2D eigenvalue weighted by Crippen LogP contribution is 2.13. The highest BCUT2D eigenvalue weighted by Gasteiger charge is 2.10. The van der Waals surface area contributed by atoms with E-state index >= 15 is 0 Å². The molecule has 0 aromatic heterocycles. The van der Waals surface area contributed by atoms with Crippen molar-refractivity contribution < 1.29 is 9.13 Å². The molecule has 0 bridgehead atoms. The summed E-state index contributed by atoms with van der Waals surface area (Å²) in [4.78, 5) is 7.08. The van der Waals surface area contributed by atoms with Gasteiger partial charge in [0.2, 0.25) is 0 Å². The van der Waals surface area contributed by atoms with E-state index in [9.17, 15) is 4.39 Å². The smallest absolute Gasteiger partial charge is 0.191 e. The van der Waals surface area contributed by atoms with Gasteiger partial charge in [-0.3, -0.25) is 0 Å². The molecule has 0 amide bonds. The van der Waals surface area contributed by atoms with E-state index in [1.54, 1.807) is 12.1 Å². The zero-order valence-corrected chi connectivity index (χ0v) is 15.4. The summed E-state index contributed by atoms with van der Waals surface area (Å²) < 4.78 is 18.9. The van der Waals surface area contributed by atoms with E-state index in [2.05, 4.69) is 20.5 Å². The van der Waals surface area contributed by atoms with Gasteiger partial charge in [0.25, 0.3) is 0 Å². The fourth-order valence-corrected chi connectivity index (χ4v) is 2.89. The Balaban J connectivity index is 1.71. The van der Waals surface area contributed by atoms with Crippen LogP contribution in [0.1, 0.15) is 33.1 Å². The van der Waals surface area contributed by atoms with Gasteiger partial charge < -0.3 is 20.3 Å². The lowest BCUT2D eigenvalue weighted by Gasteiger charge is -2.17. The third-order valence-corrected chi connectivity index (χ3v) is 4.13. The van der Waals surface area contributed by atoms with E-state index in [0.717, 1.165) is 32.0 Å². The van der Waals surface area contributed by atoms with Gasteiger partial charge in [-0.25, -0.2) is 9.38 Å². The Morgan fingerprint density at radius 2 is 2.12 bits per heavy atom. The van der Waals surface area contributed by atoms with Crippen molar-refractivity contribution in [2.75, 3.05) is 39.3 Å². The van der Waals surface area contributed by atoms with Crippen LogP contribution < -0.4 is 15.4 Å². The summed E-state index contributed by atoms with van der Waals surface area (Å²) in [6.07, 6.45) is 3.66. The Labute approximate surface area is 150 Å². The minimum absolute atomic E-state index is 0.123. The molecule has 0 spiro atoms. The number of halogens is 1. The molecule has 1 aliphatic heterocycles. The van der Waals surface area contributed by atoms with Crippen LogP contribution >= 0.6 is 0 Å². The Morgan fingerprint density at radius 3 is 2.84 bits per heavy atom. The van der Waals surface area contributed by atoms with Gasteiger partial charge in [0.1, 0.15) is 17.7 Å². The molecule has 1 aromatic carbocycles. The third-order valence-electron chi connectivity index (χ3n) is 4.13. The molecule has 2 N–H and O–H groups in total. The van der Waals surface area contributed by atoms with E-state index in [1.165, 1.54) is 38.1 Å². The molecule has 0 saturated carbocycles. The zero-order chi connectivity index (χ0) is 17.9. The molecule has 1 atom stereocenters. The fraction of sp³-hybridized carbons (Fsp3) is 0.632. The molecule has 0 aliphatic carbocycles. The second-order valence-electron chi connectivity index (χ2n) is 6.43. The van der Waals surface area contributed by atoms with Gasteiger partial charge in [-0.2, -0.15) is 0 Å². The Hall–Kier alpha value is -1.82. The number of guanidine groups is 1. The Kier molecular flexibility index (Phi) is 8.52. The van der Waals surface area contributed by atoms with Crippen molar-refractivity contribution >= 4 is 5.96 Å². The highest BCUT2D eigenvalue weighted by atomic mass is 19.1. The van der Waals surface area contributed by atoms with Gasteiger partial charge in [0.05, 0.1) is 6.54 Å². The summed E-state index contributed by atoms with van der Waals surface area (Å²) in [6, 6.07) is 6.20. The number of hydrogen-bond donors (Lipinski definition) is 2. The first kappa shape index (κ1) is 19.5. The topological polar surface area (TPSA) is 48.9 Å². The van der Waals surface area contributed by atoms with Crippen molar-refractivity contribution in [2.24, 2.45) is 4.99 Å². The molecular weight excluding hydrogens is 319 g/mol. The predicted molar refractivity (Wildman–Crippen MR) is 101 cm³/mol. The van der Waals surface area contributed by atoms with Crippen LogP contribution in [0.2, 0.25) is 0 Å². The molecule has 1 fully saturated rings. The van der Waals surface area contributed by atoms with Crippen LogP contribution in [0.15, 0.2) is 29.3 Å². The second kappa shape index (κ2) is 10.9. The molecular formula is C19H31FN4O. The maximum atomic E-state index is 13.2. The van der Waals surface area contributed by atoms with Crippen molar-refractivity contribution in [2.45, 2.75) is 39.2 Å². The molecule has 6 heteroatoms. The van der Waals surface area contributed by atoms with E-state index < -0.39 is 0 Å². The van der Waals surface area contributed by atoms with Gasteiger partial charge in [-0.1, -0.05) is 6.07 Å².